The maximum absolute atomic E-state index is 12.6. The lowest BCUT2D eigenvalue weighted by atomic mass is 10.1. The molecule has 0 saturated carbocycles. The highest BCUT2D eigenvalue weighted by Crippen LogP contribution is 2.09. The van der Waals surface area contributed by atoms with Crippen LogP contribution < -0.4 is 5.32 Å². The van der Waals surface area contributed by atoms with E-state index in [0.717, 1.165) is 19.4 Å². The van der Waals surface area contributed by atoms with E-state index < -0.39 is 0 Å². The maximum atomic E-state index is 12.6. The van der Waals surface area contributed by atoms with Crippen LogP contribution in [0, 0.1) is 0 Å². The molecule has 1 aromatic rings. The lowest BCUT2D eigenvalue weighted by Gasteiger charge is -2.32. The maximum Gasteiger partial charge on any atom is 0.269 e. The predicted molar refractivity (Wildman–Crippen MR) is 93.3 cm³/mol. The first-order chi connectivity index (χ1) is 12.0. The zero-order valence-corrected chi connectivity index (χ0v) is 14.8. The minimum Gasteiger partial charge on any atom is -0.351 e. The van der Waals surface area contributed by atoms with Crippen LogP contribution in [0.4, 0.5) is 0 Å². The summed E-state index contributed by atoms with van der Waals surface area (Å²) in [6.45, 7) is 3.49. The Kier molecular flexibility index (Phi) is 6.88. The van der Waals surface area contributed by atoms with Gasteiger partial charge in [-0.25, -0.2) is 0 Å². The molecule has 2 heterocycles. The zero-order chi connectivity index (χ0) is 18.2. The van der Waals surface area contributed by atoms with Crippen molar-refractivity contribution in [2.24, 2.45) is 0 Å². The SMILES string of the molecule is CN(C)CCCNC(=O)c1cc(C(=O)N2CCN(C=O)CC2)ccn1. The van der Waals surface area contributed by atoms with E-state index in [0.29, 0.717) is 38.3 Å². The molecule has 2 rings (SSSR count). The number of piperazine rings is 1. The average molecular weight is 347 g/mol. The van der Waals surface area contributed by atoms with Crippen LogP contribution >= 0.6 is 0 Å². The molecule has 0 radical (unpaired) electrons. The summed E-state index contributed by atoms with van der Waals surface area (Å²) < 4.78 is 0. The quantitative estimate of drug-likeness (QED) is 0.540. The molecule has 8 heteroatoms. The lowest BCUT2D eigenvalue weighted by molar-refractivity contribution is -0.119. The average Bonchev–Trinajstić information content (AvgIpc) is 2.64. The van der Waals surface area contributed by atoms with E-state index in [2.05, 4.69) is 10.3 Å². The highest BCUT2D eigenvalue weighted by molar-refractivity contribution is 5.98. The molecule has 0 unspecified atom stereocenters. The number of carbonyl (C=O) groups excluding carboxylic acids is 3. The van der Waals surface area contributed by atoms with Crippen LogP contribution in [-0.2, 0) is 4.79 Å². The smallest absolute Gasteiger partial charge is 0.269 e. The van der Waals surface area contributed by atoms with Crippen LogP contribution in [0.25, 0.3) is 0 Å². The van der Waals surface area contributed by atoms with Crippen LogP contribution in [0.1, 0.15) is 27.3 Å². The number of amides is 3. The lowest BCUT2D eigenvalue weighted by Crippen LogP contribution is -2.48. The van der Waals surface area contributed by atoms with E-state index in [1.165, 1.54) is 12.3 Å². The third-order valence-electron chi connectivity index (χ3n) is 4.06. The molecule has 0 aromatic carbocycles. The Morgan fingerprint density at radius 2 is 2.00 bits per heavy atom. The van der Waals surface area contributed by atoms with Crippen LogP contribution in [0.3, 0.4) is 0 Å². The van der Waals surface area contributed by atoms with Crippen molar-refractivity contribution in [1.29, 1.82) is 0 Å². The highest BCUT2D eigenvalue weighted by atomic mass is 16.2. The van der Waals surface area contributed by atoms with Gasteiger partial charge in [-0.3, -0.25) is 19.4 Å². The first-order valence-corrected chi connectivity index (χ1v) is 8.39. The fraction of sp³-hybridized carbons (Fsp3) is 0.529. The highest BCUT2D eigenvalue weighted by Gasteiger charge is 2.22. The Morgan fingerprint density at radius 3 is 2.64 bits per heavy atom. The summed E-state index contributed by atoms with van der Waals surface area (Å²) in [7, 11) is 3.96. The summed E-state index contributed by atoms with van der Waals surface area (Å²) in [5, 5.41) is 2.81. The molecule has 1 aromatic heterocycles. The summed E-state index contributed by atoms with van der Waals surface area (Å²) in [5.74, 6) is -0.422. The third-order valence-corrected chi connectivity index (χ3v) is 4.06. The minimum absolute atomic E-state index is 0.144. The molecule has 1 aliphatic heterocycles. The van der Waals surface area contributed by atoms with Gasteiger partial charge in [-0.1, -0.05) is 0 Å². The zero-order valence-electron chi connectivity index (χ0n) is 14.8. The van der Waals surface area contributed by atoms with Gasteiger partial charge in [-0.15, -0.1) is 0 Å². The normalized spacial score (nSPS) is 14.5. The van der Waals surface area contributed by atoms with Gasteiger partial charge < -0.3 is 20.0 Å². The van der Waals surface area contributed by atoms with Crippen molar-refractivity contribution in [3.8, 4) is 0 Å². The van der Waals surface area contributed by atoms with E-state index in [1.54, 1.807) is 15.9 Å². The molecule has 0 spiro atoms. The number of rotatable bonds is 7. The van der Waals surface area contributed by atoms with Crippen molar-refractivity contribution in [1.82, 2.24) is 25.0 Å². The van der Waals surface area contributed by atoms with Gasteiger partial charge in [0.25, 0.3) is 11.8 Å². The molecule has 0 bridgehead atoms. The fourth-order valence-corrected chi connectivity index (χ4v) is 2.59. The van der Waals surface area contributed by atoms with Gasteiger partial charge in [-0.2, -0.15) is 0 Å². The Bertz CT molecular complexity index is 612. The van der Waals surface area contributed by atoms with Crippen molar-refractivity contribution < 1.29 is 14.4 Å². The monoisotopic (exact) mass is 347 g/mol. The molecule has 1 aliphatic rings. The van der Waals surface area contributed by atoms with E-state index in [-0.39, 0.29) is 17.5 Å². The van der Waals surface area contributed by atoms with Crippen LogP contribution in [-0.4, -0.2) is 91.3 Å². The molecular weight excluding hydrogens is 322 g/mol. The van der Waals surface area contributed by atoms with Gasteiger partial charge in [0.2, 0.25) is 6.41 Å². The second kappa shape index (κ2) is 9.12. The second-order valence-corrected chi connectivity index (χ2v) is 6.28. The summed E-state index contributed by atoms with van der Waals surface area (Å²) >= 11 is 0. The molecule has 8 nitrogen and oxygen atoms in total. The van der Waals surface area contributed by atoms with Gasteiger partial charge in [0.15, 0.2) is 0 Å². The summed E-state index contributed by atoms with van der Waals surface area (Å²) in [4.78, 5) is 44.9. The molecule has 1 fully saturated rings. The number of aromatic nitrogens is 1. The fourth-order valence-electron chi connectivity index (χ4n) is 2.59. The third kappa shape index (κ3) is 5.53. The molecule has 1 saturated heterocycles. The standard InChI is InChI=1S/C17H25N5O3/c1-20(2)7-3-5-19-16(24)15-12-14(4-6-18-15)17(25)22-10-8-21(13-23)9-11-22/h4,6,12-13H,3,5,7-11H2,1-2H3,(H,19,24). The molecule has 0 atom stereocenters. The molecular formula is C17H25N5O3. The van der Waals surface area contributed by atoms with E-state index >= 15 is 0 Å². The molecule has 25 heavy (non-hydrogen) atoms. The Morgan fingerprint density at radius 1 is 1.28 bits per heavy atom. The Hall–Kier alpha value is -2.48. The topological polar surface area (TPSA) is 85.9 Å². The van der Waals surface area contributed by atoms with Gasteiger partial charge in [0, 0.05) is 44.5 Å². The Labute approximate surface area is 147 Å². The number of carbonyl (C=O) groups is 3. The van der Waals surface area contributed by atoms with Crippen LogP contribution in [0.5, 0.6) is 0 Å². The van der Waals surface area contributed by atoms with Gasteiger partial charge >= 0.3 is 0 Å². The number of pyridine rings is 1. The first-order valence-electron chi connectivity index (χ1n) is 8.39. The number of hydrogen-bond acceptors (Lipinski definition) is 5. The predicted octanol–water partition coefficient (Wildman–Crippen LogP) is -0.323. The largest absolute Gasteiger partial charge is 0.351 e. The van der Waals surface area contributed by atoms with Crippen LogP contribution in [0.2, 0.25) is 0 Å². The van der Waals surface area contributed by atoms with Crippen molar-refractivity contribution in [3.63, 3.8) is 0 Å². The van der Waals surface area contributed by atoms with Crippen molar-refractivity contribution in [2.45, 2.75) is 6.42 Å². The van der Waals surface area contributed by atoms with Crippen molar-refractivity contribution in [3.05, 3.63) is 29.6 Å². The molecule has 0 aliphatic carbocycles. The number of nitrogens with one attached hydrogen (secondary N) is 1. The van der Waals surface area contributed by atoms with Gasteiger partial charge in [-0.05, 0) is 39.2 Å². The summed E-state index contributed by atoms with van der Waals surface area (Å²) in [6, 6.07) is 3.13. The van der Waals surface area contributed by atoms with E-state index in [4.69, 9.17) is 0 Å². The summed E-state index contributed by atoms with van der Waals surface area (Å²) in [6.07, 6.45) is 3.12. The van der Waals surface area contributed by atoms with Crippen molar-refractivity contribution >= 4 is 18.2 Å². The molecule has 3 amide bonds. The second-order valence-electron chi connectivity index (χ2n) is 6.28. The van der Waals surface area contributed by atoms with Gasteiger partial charge in [0.05, 0.1) is 0 Å². The molecule has 136 valence electrons. The minimum atomic E-state index is -0.279. The van der Waals surface area contributed by atoms with E-state index in [9.17, 15) is 14.4 Å². The van der Waals surface area contributed by atoms with Gasteiger partial charge in [0.1, 0.15) is 5.69 Å². The first kappa shape index (κ1) is 18.9. The molecule has 1 N–H and O–H groups in total. The number of nitrogens with zero attached hydrogens (tertiary/aromatic N) is 4. The summed E-state index contributed by atoms with van der Waals surface area (Å²) in [5.41, 5.74) is 0.676. The number of hydrogen-bond donors (Lipinski definition) is 1. The van der Waals surface area contributed by atoms with Crippen molar-refractivity contribution in [2.75, 3.05) is 53.4 Å². The van der Waals surface area contributed by atoms with Crippen LogP contribution in [0.15, 0.2) is 18.3 Å². The Balaban J connectivity index is 1.92. The van der Waals surface area contributed by atoms with E-state index in [1.807, 2.05) is 19.0 Å².